The van der Waals surface area contributed by atoms with Crippen molar-refractivity contribution in [3.63, 3.8) is 0 Å². The van der Waals surface area contributed by atoms with Crippen LogP contribution in [-0.4, -0.2) is 29.7 Å². The van der Waals surface area contributed by atoms with Crippen LogP contribution in [0.2, 0.25) is 0 Å². The van der Waals surface area contributed by atoms with E-state index in [0.717, 1.165) is 36.0 Å². The average molecular weight is 317 g/mol. The van der Waals surface area contributed by atoms with Crippen molar-refractivity contribution < 1.29 is 4.74 Å². The minimum absolute atomic E-state index is 0.680. The van der Waals surface area contributed by atoms with Crippen molar-refractivity contribution in [2.45, 2.75) is 32.7 Å². The fraction of sp³-hybridized carbons (Fsp3) is 0.471. The van der Waals surface area contributed by atoms with E-state index in [9.17, 15) is 0 Å². The summed E-state index contributed by atoms with van der Waals surface area (Å²) in [6.07, 6.45) is 5.89. The number of hydrogen-bond donors (Lipinski definition) is 1. The predicted octanol–water partition coefficient (Wildman–Crippen LogP) is 3.70. The summed E-state index contributed by atoms with van der Waals surface area (Å²) >= 11 is 1.73. The maximum absolute atomic E-state index is 5.71. The van der Waals surface area contributed by atoms with Gasteiger partial charge < -0.3 is 4.74 Å². The van der Waals surface area contributed by atoms with Gasteiger partial charge in [0.2, 0.25) is 0 Å². The van der Waals surface area contributed by atoms with E-state index >= 15 is 0 Å². The van der Waals surface area contributed by atoms with E-state index in [1.54, 1.807) is 11.3 Å². The Hall–Kier alpha value is -1.43. The maximum Gasteiger partial charge on any atom is 0.127 e. The standard InChI is InChI=1S/C17H23N3OS/c1-2-21-15-9-5-4-8-14(15)16-12-18-17(22-16)13-19-20-10-6-3-7-11-20/h4-5,8-9,12,19H,2-3,6-7,10-11,13H2,1H3. The van der Waals surface area contributed by atoms with Crippen LogP contribution in [-0.2, 0) is 6.54 Å². The molecule has 1 aromatic heterocycles. The van der Waals surface area contributed by atoms with Gasteiger partial charge in [0.15, 0.2) is 0 Å². The number of thiazole rings is 1. The number of rotatable bonds is 6. The van der Waals surface area contributed by atoms with Gasteiger partial charge >= 0.3 is 0 Å². The summed E-state index contributed by atoms with van der Waals surface area (Å²) < 4.78 is 5.71. The molecule has 0 atom stereocenters. The third kappa shape index (κ3) is 3.85. The van der Waals surface area contributed by atoms with Gasteiger partial charge in [0.05, 0.1) is 18.0 Å². The highest BCUT2D eigenvalue weighted by Crippen LogP contribution is 2.33. The Morgan fingerprint density at radius 2 is 2.05 bits per heavy atom. The molecule has 0 radical (unpaired) electrons. The molecule has 22 heavy (non-hydrogen) atoms. The second-order valence-corrected chi connectivity index (χ2v) is 6.55. The molecule has 1 aliphatic rings. The number of benzene rings is 1. The highest BCUT2D eigenvalue weighted by Gasteiger charge is 2.12. The second-order valence-electron chi connectivity index (χ2n) is 5.43. The molecule has 0 spiro atoms. The number of hydrogen-bond acceptors (Lipinski definition) is 5. The monoisotopic (exact) mass is 317 g/mol. The van der Waals surface area contributed by atoms with Crippen molar-refractivity contribution >= 4 is 11.3 Å². The number of ether oxygens (including phenoxy) is 1. The molecule has 1 N–H and O–H groups in total. The molecular weight excluding hydrogens is 294 g/mol. The molecule has 0 bridgehead atoms. The molecule has 5 heteroatoms. The molecular formula is C17H23N3OS. The SMILES string of the molecule is CCOc1ccccc1-c1cnc(CNN2CCCCC2)s1. The van der Waals surface area contributed by atoms with E-state index in [4.69, 9.17) is 4.74 Å². The van der Waals surface area contributed by atoms with Gasteiger partial charge in [-0.2, -0.15) is 0 Å². The number of nitrogens with zero attached hydrogens (tertiary/aromatic N) is 2. The first kappa shape index (κ1) is 15.5. The van der Waals surface area contributed by atoms with Gasteiger partial charge in [0, 0.05) is 24.8 Å². The summed E-state index contributed by atoms with van der Waals surface area (Å²) in [6.45, 7) is 5.79. The van der Waals surface area contributed by atoms with Crippen LogP contribution < -0.4 is 10.2 Å². The van der Waals surface area contributed by atoms with Gasteiger partial charge in [0.1, 0.15) is 10.8 Å². The fourth-order valence-electron chi connectivity index (χ4n) is 2.70. The Morgan fingerprint density at radius 3 is 2.86 bits per heavy atom. The highest BCUT2D eigenvalue weighted by atomic mass is 32.1. The molecule has 1 fully saturated rings. The second kappa shape index (κ2) is 7.72. The minimum atomic E-state index is 0.680. The molecule has 4 nitrogen and oxygen atoms in total. The van der Waals surface area contributed by atoms with Crippen molar-refractivity contribution in [2.24, 2.45) is 0 Å². The topological polar surface area (TPSA) is 37.4 Å². The lowest BCUT2D eigenvalue weighted by molar-refractivity contribution is 0.151. The molecule has 1 aliphatic heterocycles. The van der Waals surface area contributed by atoms with E-state index in [2.05, 4.69) is 21.5 Å². The zero-order chi connectivity index (χ0) is 15.2. The van der Waals surface area contributed by atoms with Gasteiger partial charge in [-0.15, -0.1) is 11.3 Å². The average Bonchev–Trinajstić information content (AvgIpc) is 3.04. The van der Waals surface area contributed by atoms with Crippen LogP contribution in [0.3, 0.4) is 0 Å². The molecule has 3 rings (SSSR count). The summed E-state index contributed by atoms with van der Waals surface area (Å²) in [7, 11) is 0. The van der Waals surface area contributed by atoms with Crippen LogP contribution in [0.15, 0.2) is 30.5 Å². The van der Waals surface area contributed by atoms with E-state index in [-0.39, 0.29) is 0 Å². The summed E-state index contributed by atoms with van der Waals surface area (Å²) in [6, 6.07) is 8.17. The molecule has 2 aromatic rings. The number of nitrogens with one attached hydrogen (secondary N) is 1. The Bertz CT molecular complexity index is 593. The Morgan fingerprint density at radius 1 is 1.23 bits per heavy atom. The van der Waals surface area contributed by atoms with Gasteiger partial charge in [0.25, 0.3) is 0 Å². The van der Waals surface area contributed by atoms with Crippen molar-refractivity contribution in [1.82, 2.24) is 15.4 Å². The molecule has 1 aromatic carbocycles. The highest BCUT2D eigenvalue weighted by molar-refractivity contribution is 7.15. The van der Waals surface area contributed by atoms with Crippen LogP contribution in [0.5, 0.6) is 5.75 Å². The molecule has 0 aliphatic carbocycles. The van der Waals surface area contributed by atoms with Crippen LogP contribution in [0.1, 0.15) is 31.2 Å². The molecule has 2 heterocycles. The van der Waals surface area contributed by atoms with Crippen molar-refractivity contribution in [3.8, 4) is 16.2 Å². The van der Waals surface area contributed by atoms with E-state index in [1.807, 2.05) is 31.3 Å². The number of piperidine rings is 1. The molecule has 0 amide bonds. The quantitative estimate of drug-likeness (QED) is 0.881. The van der Waals surface area contributed by atoms with Crippen LogP contribution in [0.4, 0.5) is 0 Å². The summed E-state index contributed by atoms with van der Waals surface area (Å²) in [5.41, 5.74) is 4.62. The van der Waals surface area contributed by atoms with Gasteiger partial charge in [-0.3, -0.25) is 0 Å². The zero-order valence-electron chi connectivity index (χ0n) is 13.0. The van der Waals surface area contributed by atoms with Crippen molar-refractivity contribution in [1.29, 1.82) is 0 Å². The zero-order valence-corrected chi connectivity index (χ0v) is 13.9. The van der Waals surface area contributed by atoms with Crippen molar-refractivity contribution in [3.05, 3.63) is 35.5 Å². The van der Waals surface area contributed by atoms with Gasteiger partial charge in [-0.25, -0.2) is 15.4 Å². The van der Waals surface area contributed by atoms with E-state index in [1.165, 1.54) is 24.1 Å². The molecule has 0 saturated carbocycles. The lowest BCUT2D eigenvalue weighted by atomic mass is 10.2. The van der Waals surface area contributed by atoms with Crippen LogP contribution in [0, 0.1) is 0 Å². The summed E-state index contributed by atoms with van der Waals surface area (Å²) in [5.74, 6) is 0.934. The lowest BCUT2D eigenvalue weighted by Gasteiger charge is -2.26. The van der Waals surface area contributed by atoms with E-state index < -0.39 is 0 Å². The summed E-state index contributed by atoms with van der Waals surface area (Å²) in [5, 5.41) is 3.44. The van der Waals surface area contributed by atoms with Crippen LogP contribution in [0.25, 0.3) is 10.4 Å². The third-order valence-corrected chi connectivity index (χ3v) is 4.85. The van der Waals surface area contributed by atoms with E-state index in [0.29, 0.717) is 6.61 Å². The number of aromatic nitrogens is 1. The third-order valence-electron chi connectivity index (χ3n) is 3.82. The van der Waals surface area contributed by atoms with Crippen LogP contribution >= 0.6 is 11.3 Å². The van der Waals surface area contributed by atoms with Gasteiger partial charge in [-0.05, 0) is 31.9 Å². The molecule has 118 valence electrons. The Labute approximate surface area is 136 Å². The largest absolute Gasteiger partial charge is 0.493 e. The predicted molar refractivity (Wildman–Crippen MR) is 91.0 cm³/mol. The summed E-state index contributed by atoms with van der Waals surface area (Å²) in [4.78, 5) is 5.72. The van der Waals surface area contributed by atoms with Crippen molar-refractivity contribution in [2.75, 3.05) is 19.7 Å². The Balaban J connectivity index is 1.65. The minimum Gasteiger partial charge on any atom is -0.493 e. The first-order chi connectivity index (χ1) is 10.9. The van der Waals surface area contributed by atoms with Gasteiger partial charge in [-0.1, -0.05) is 18.6 Å². The normalized spacial score (nSPS) is 15.9. The first-order valence-corrected chi connectivity index (χ1v) is 8.84. The smallest absolute Gasteiger partial charge is 0.127 e. The maximum atomic E-state index is 5.71. The molecule has 0 unspecified atom stereocenters. The fourth-order valence-corrected chi connectivity index (χ4v) is 3.58. The first-order valence-electron chi connectivity index (χ1n) is 8.02. The lowest BCUT2D eigenvalue weighted by Crippen LogP contribution is -2.41. The Kier molecular flexibility index (Phi) is 5.43. The molecule has 1 saturated heterocycles. The number of hydrazine groups is 1. The number of para-hydroxylation sites is 1.